The SMILES string of the molecule is Nc1ccc(-c2c(Cl)c(Cl)c(Cl)c(Cl)c2Cl)nc1C(=O)O. The van der Waals surface area contributed by atoms with Crippen LogP contribution >= 0.6 is 58.0 Å². The third kappa shape index (κ3) is 2.87. The molecule has 0 amide bonds. The van der Waals surface area contributed by atoms with Crippen molar-refractivity contribution in [1.29, 1.82) is 0 Å². The number of carbonyl (C=O) groups is 1. The number of hydrogen-bond acceptors (Lipinski definition) is 3. The first-order chi connectivity index (χ1) is 9.75. The fourth-order valence-electron chi connectivity index (χ4n) is 1.61. The second-order valence-electron chi connectivity index (χ2n) is 3.88. The van der Waals surface area contributed by atoms with Gasteiger partial charge < -0.3 is 10.8 Å². The van der Waals surface area contributed by atoms with Crippen molar-refractivity contribution >= 4 is 69.7 Å². The Kier molecular flexibility index (Phi) is 4.76. The second kappa shape index (κ2) is 6.07. The molecular weight excluding hydrogens is 381 g/mol. The third-order valence-electron chi connectivity index (χ3n) is 2.59. The Hall–Kier alpha value is -0.910. The van der Waals surface area contributed by atoms with Gasteiger partial charge in [0, 0.05) is 5.56 Å². The van der Waals surface area contributed by atoms with Crippen LogP contribution in [0.3, 0.4) is 0 Å². The Morgan fingerprint density at radius 3 is 1.90 bits per heavy atom. The predicted molar refractivity (Wildman–Crippen MR) is 86.1 cm³/mol. The lowest BCUT2D eigenvalue weighted by Crippen LogP contribution is -2.06. The average molecular weight is 386 g/mol. The van der Waals surface area contributed by atoms with E-state index in [1.54, 1.807) is 0 Å². The molecule has 4 nitrogen and oxygen atoms in total. The molecule has 1 aromatic carbocycles. The number of aromatic carboxylic acids is 1. The van der Waals surface area contributed by atoms with Crippen LogP contribution in [-0.2, 0) is 0 Å². The monoisotopic (exact) mass is 384 g/mol. The fraction of sp³-hybridized carbons (Fsp3) is 0. The lowest BCUT2D eigenvalue weighted by atomic mass is 10.1. The van der Waals surface area contributed by atoms with Crippen LogP contribution in [-0.4, -0.2) is 16.1 Å². The highest BCUT2D eigenvalue weighted by Crippen LogP contribution is 2.47. The molecule has 2 aromatic rings. The van der Waals surface area contributed by atoms with Crippen LogP contribution < -0.4 is 5.73 Å². The van der Waals surface area contributed by atoms with Crippen LogP contribution in [0.5, 0.6) is 0 Å². The molecule has 0 aliphatic heterocycles. The van der Waals surface area contributed by atoms with Crippen molar-refractivity contribution < 1.29 is 9.90 Å². The molecule has 0 aliphatic carbocycles. The van der Waals surface area contributed by atoms with Gasteiger partial charge in [-0.3, -0.25) is 0 Å². The first kappa shape index (κ1) is 16.5. The first-order valence-electron chi connectivity index (χ1n) is 5.27. The number of aromatic nitrogens is 1. The molecule has 110 valence electrons. The molecule has 0 spiro atoms. The predicted octanol–water partition coefficient (Wildman–Crippen LogP) is 5.30. The maximum atomic E-state index is 11.1. The molecule has 1 aromatic heterocycles. The number of nitrogen functional groups attached to an aromatic ring is 1. The van der Waals surface area contributed by atoms with Gasteiger partial charge in [-0.2, -0.15) is 0 Å². The highest BCUT2D eigenvalue weighted by atomic mass is 35.5. The Morgan fingerprint density at radius 1 is 0.952 bits per heavy atom. The molecule has 0 radical (unpaired) electrons. The van der Waals surface area contributed by atoms with Crippen molar-refractivity contribution in [1.82, 2.24) is 4.98 Å². The summed E-state index contributed by atoms with van der Waals surface area (Å²) in [5.74, 6) is -1.28. The maximum absolute atomic E-state index is 11.1. The van der Waals surface area contributed by atoms with E-state index in [0.717, 1.165) is 0 Å². The molecule has 0 unspecified atom stereocenters. The minimum Gasteiger partial charge on any atom is -0.476 e. The number of rotatable bonds is 2. The summed E-state index contributed by atoms with van der Waals surface area (Å²) in [4.78, 5) is 15.0. The molecule has 1 heterocycles. The van der Waals surface area contributed by atoms with Gasteiger partial charge in [-0.05, 0) is 12.1 Å². The number of benzene rings is 1. The summed E-state index contributed by atoms with van der Waals surface area (Å²) in [5.41, 5.74) is 5.56. The van der Waals surface area contributed by atoms with Crippen molar-refractivity contribution in [2.45, 2.75) is 0 Å². The van der Waals surface area contributed by atoms with Gasteiger partial charge in [0.05, 0.1) is 36.5 Å². The Labute approximate surface area is 144 Å². The number of carboxylic acid groups (broad SMARTS) is 1. The van der Waals surface area contributed by atoms with Crippen LogP contribution in [0.25, 0.3) is 11.3 Å². The van der Waals surface area contributed by atoms with Crippen LogP contribution in [0.1, 0.15) is 10.5 Å². The summed E-state index contributed by atoms with van der Waals surface area (Å²) in [6, 6.07) is 2.82. The quantitative estimate of drug-likeness (QED) is 0.543. The van der Waals surface area contributed by atoms with E-state index in [2.05, 4.69) is 4.98 Å². The number of carboxylic acids is 1. The van der Waals surface area contributed by atoms with Crippen LogP contribution in [0.2, 0.25) is 25.1 Å². The van der Waals surface area contributed by atoms with Gasteiger partial charge in [0.2, 0.25) is 0 Å². The van der Waals surface area contributed by atoms with Crippen LogP contribution in [0.15, 0.2) is 12.1 Å². The molecule has 0 fully saturated rings. The molecule has 0 saturated carbocycles. The molecule has 0 atom stereocenters. The third-order valence-corrected chi connectivity index (χ3v) is 4.87. The lowest BCUT2D eigenvalue weighted by Gasteiger charge is -2.13. The van der Waals surface area contributed by atoms with Gasteiger partial charge in [-0.25, -0.2) is 9.78 Å². The summed E-state index contributed by atoms with van der Waals surface area (Å²) in [6.07, 6.45) is 0. The van der Waals surface area contributed by atoms with Crippen molar-refractivity contribution in [3.63, 3.8) is 0 Å². The Balaban J connectivity index is 2.80. The molecule has 21 heavy (non-hydrogen) atoms. The molecule has 0 saturated heterocycles. The van der Waals surface area contributed by atoms with E-state index in [1.807, 2.05) is 0 Å². The first-order valence-corrected chi connectivity index (χ1v) is 7.16. The van der Waals surface area contributed by atoms with Gasteiger partial charge >= 0.3 is 5.97 Å². The van der Waals surface area contributed by atoms with Gasteiger partial charge in [0.25, 0.3) is 0 Å². The molecule has 0 bridgehead atoms. The maximum Gasteiger partial charge on any atom is 0.356 e. The topological polar surface area (TPSA) is 76.2 Å². The number of halogens is 5. The summed E-state index contributed by atoms with van der Waals surface area (Å²) in [6.45, 7) is 0. The van der Waals surface area contributed by atoms with E-state index in [4.69, 9.17) is 68.8 Å². The van der Waals surface area contributed by atoms with E-state index in [0.29, 0.717) is 0 Å². The Bertz CT molecular complexity index is 735. The minimum absolute atomic E-state index is 0.00164. The molecule has 9 heteroatoms. The summed E-state index contributed by atoms with van der Waals surface area (Å²) >= 11 is 30.0. The fourth-order valence-corrected chi connectivity index (χ4v) is 2.94. The zero-order valence-electron chi connectivity index (χ0n) is 9.92. The van der Waals surface area contributed by atoms with Crippen molar-refractivity contribution in [3.05, 3.63) is 42.9 Å². The van der Waals surface area contributed by atoms with Crippen molar-refractivity contribution in [3.8, 4) is 11.3 Å². The second-order valence-corrected chi connectivity index (χ2v) is 5.77. The van der Waals surface area contributed by atoms with E-state index in [1.165, 1.54) is 12.1 Å². The van der Waals surface area contributed by atoms with Crippen LogP contribution in [0.4, 0.5) is 5.69 Å². The standard InChI is InChI=1S/C12H5Cl5N2O2/c13-6-5(7(14)9(16)10(17)8(6)15)4-2-1-3(18)11(19-4)12(20)21/h1-2H,18H2,(H,20,21). The zero-order chi connectivity index (χ0) is 15.9. The zero-order valence-corrected chi connectivity index (χ0v) is 13.7. The van der Waals surface area contributed by atoms with Gasteiger partial charge in [-0.1, -0.05) is 58.0 Å². The van der Waals surface area contributed by atoms with E-state index < -0.39 is 5.97 Å². The molecule has 0 aliphatic rings. The number of nitrogens with two attached hydrogens (primary N) is 1. The summed E-state index contributed by atoms with van der Waals surface area (Å²) in [5, 5.41) is 9.09. The number of anilines is 1. The van der Waals surface area contributed by atoms with E-state index in [9.17, 15) is 4.79 Å². The smallest absolute Gasteiger partial charge is 0.356 e. The normalized spacial score (nSPS) is 10.7. The number of nitrogens with zero attached hydrogens (tertiary/aromatic N) is 1. The highest BCUT2D eigenvalue weighted by molar-refractivity contribution is 6.56. The molecular formula is C12H5Cl5N2O2. The summed E-state index contributed by atoms with van der Waals surface area (Å²) < 4.78 is 0. The van der Waals surface area contributed by atoms with E-state index in [-0.39, 0.29) is 47.8 Å². The Morgan fingerprint density at radius 2 is 1.43 bits per heavy atom. The molecule has 3 N–H and O–H groups in total. The number of pyridine rings is 1. The van der Waals surface area contributed by atoms with Crippen molar-refractivity contribution in [2.75, 3.05) is 5.73 Å². The lowest BCUT2D eigenvalue weighted by molar-refractivity contribution is 0.0692. The largest absolute Gasteiger partial charge is 0.476 e. The van der Waals surface area contributed by atoms with Gasteiger partial charge in [0.1, 0.15) is 0 Å². The summed E-state index contributed by atoms with van der Waals surface area (Å²) in [7, 11) is 0. The minimum atomic E-state index is -1.28. The van der Waals surface area contributed by atoms with Crippen LogP contribution in [0, 0.1) is 0 Å². The highest BCUT2D eigenvalue weighted by Gasteiger charge is 2.22. The number of hydrogen-bond donors (Lipinski definition) is 2. The van der Waals surface area contributed by atoms with Crippen molar-refractivity contribution in [2.24, 2.45) is 0 Å². The van der Waals surface area contributed by atoms with E-state index >= 15 is 0 Å². The molecule has 2 rings (SSSR count). The van der Waals surface area contributed by atoms with Gasteiger partial charge in [0.15, 0.2) is 5.69 Å². The average Bonchev–Trinajstić information content (AvgIpc) is 2.44. The van der Waals surface area contributed by atoms with Gasteiger partial charge in [-0.15, -0.1) is 0 Å².